The molecule has 2 amide bonds. The summed E-state index contributed by atoms with van der Waals surface area (Å²) in [5, 5.41) is 3.63. The second-order valence-electron chi connectivity index (χ2n) is 11.5. The highest BCUT2D eigenvalue weighted by Crippen LogP contribution is 2.28. The molecule has 240 valence electrons. The van der Waals surface area contributed by atoms with Crippen LogP contribution in [0, 0.1) is 5.82 Å². The van der Waals surface area contributed by atoms with Crippen LogP contribution in [0.4, 0.5) is 10.1 Å². The van der Waals surface area contributed by atoms with E-state index in [0.717, 1.165) is 48.0 Å². The minimum absolute atomic E-state index is 0.0176. The summed E-state index contributed by atoms with van der Waals surface area (Å²) in [6, 6.07) is 28.3. The molecule has 0 unspecified atom stereocenters. The van der Waals surface area contributed by atoms with E-state index in [2.05, 4.69) is 5.32 Å². The summed E-state index contributed by atoms with van der Waals surface area (Å²) < 4.78 is 44.0. The van der Waals surface area contributed by atoms with E-state index < -0.39 is 34.3 Å². The molecule has 4 aromatic rings. The molecule has 0 radical (unpaired) electrons. The lowest BCUT2D eigenvalue weighted by atomic mass is 9.94. The van der Waals surface area contributed by atoms with E-state index in [1.54, 1.807) is 42.5 Å². The Balaban J connectivity index is 1.56. The van der Waals surface area contributed by atoms with Crippen LogP contribution in [0.1, 0.15) is 43.2 Å². The van der Waals surface area contributed by atoms with Gasteiger partial charge < -0.3 is 10.2 Å². The molecule has 0 spiro atoms. The summed E-state index contributed by atoms with van der Waals surface area (Å²) in [7, 11) is -4.39. The van der Waals surface area contributed by atoms with E-state index in [1.807, 2.05) is 30.3 Å². The van der Waals surface area contributed by atoms with E-state index in [4.69, 9.17) is 11.6 Å². The van der Waals surface area contributed by atoms with Crippen molar-refractivity contribution in [3.63, 3.8) is 0 Å². The molecule has 0 aromatic heterocycles. The third-order valence-electron chi connectivity index (χ3n) is 8.20. The second kappa shape index (κ2) is 15.4. The second-order valence-corrected chi connectivity index (χ2v) is 13.8. The molecule has 0 heterocycles. The smallest absolute Gasteiger partial charge is 0.264 e. The molecule has 1 saturated carbocycles. The number of sulfonamides is 1. The predicted molar refractivity (Wildman–Crippen MR) is 178 cm³/mol. The molecule has 1 aliphatic rings. The van der Waals surface area contributed by atoms with Gasteiger partial charge in [-0.2, -0.15) is 0 Å². The van der Waals surface area contributed by atoms with Crippen molar-refractivity contribution in [3.8, 4) is 0 Å². The van der Waals surface area contributed by atoms with Crippen molar-refractivity contribution in [2.45, 2.75) is 62.0 Å². The van der Waals surface area contributed by atoms with Gasteiger partial charge in [-0.1, -0.05) is 104 Å². The minimum atomic E-state index is -4.39. The normalized spacial score (nSPS) is 14.3. The molecule has 0 bridgehead atoms. The molecule has 4 aromatic carbocycles. The fraction of sp³-hybridized carbons (Fsp3) is 0.278. The van der Waals surface area contributed by atoms with Crippen LogP contribution in [-0.4, -0.2) is 43.8 Å². The molecule has 0 aliphatic heterocycles. The summed E-state index contributed by atoms with van der Waals surface area (Å²) in [5.41, 5.74) is 1.22. The SMILES string of the molecule is O=C(NC1CCCCC1)[C@@H](Cc1ccccc1)N(Cc1cccc(Cl)c1)C(=O)CN(c1ccccc1F)S(=O)(=O)c1ccccc1. The molecule has 1 fully saturated rings. The number of nitrogens with zero attached hydrogens (tertiary/aromatic N) is 2. The first-order chi connectivity index (χ1) is 22.2. The number of anilines is 1. The van der Waals surface area contributed by atoms with E-state index >= 15 is 4.39 Å². The number of hydrogen-bond acceptors (Lipinski definition) is 4. The zero-order valence-electron chi connectivity index (χ0n) is 25.4. The van der Waals surface area contributed by atoms with Gasteiger partial charge in [0.05, 0.1) is 10.6 Å². The van der Waals surface area contributed by atoms with E-state index in [9.17, 15) is 18.0 Å². The fourth-order valence-corrected chi connectivity index (χ4v) is 7.47. The number of carbonyl (C=O) groups is 2. The number of halogens is 2. The Labute approximate surface area is 275 Å². The van der Waals surface area contributed by atoms with E-state index in [-0.39, 0.29) is 35.5 Å². The lowest BCUT2D eigenvalue weighted by Crippen LogP contribution is -2.55. The van der Waals surface area contributed by atoms with Crippen molar-refractivity contribution in [2.24, 2.45) is 0 Å². The molecular weight excluding hydrogens is 625 g/mol. The Morgan fingerprint density at radius 1 is 0.826 bits per heavy atom. The molecule has 10 heteroatoms. The van der Waals surface area contributed by atoms with Crippen LogP contribution in [-0.2, 0) is 32.6 Å². The van der Waals surface area contributed by atoms with Gasteiger partial charge in [0.2, 0.25) is 11.8 Å². The Morgan fingerprint density at radius 3 is 2.13 bits per heavy atom. The van der Waals surface area contributed by atoms with Crippen LogP contribution in [0.25, 0.3) is 0 Å². The number of amides is 2. The summed E-state index contributed by atoms with van der Waals surface area (Å²) >= 11 is 6.31. The van der Waals surface area contributed by atoms with E-state index in [0.29, 0.717) is 10.6 Å². The third kappa shape index (κ3) is 8.33. The number of carbonyl (C=O) groups excluding carboxylic acids is 2. The first kappa shape index (κ1) is 33.2. The van der Waals surface area contributed by atoms with Gasteiger partial charge in [-0.25, -0.2) is 12.8 Å². The first-order valence-electron chi connectivity index (χ1n) is 15.4. The molecule has 5 rings (SSSR count). The van der Waals surface area contributed by atoms with Gasteiger partial charge in [0.1, 0.15) is 18.4 Å². The van der Waals surface area contributed by atoms with Gasteiger partial charge >= 0.3 is 0 Å². The van der Waals surface area contributed by atoms with Crippen LogP contribution >= 0.6 is 11.6 Å². The Bertz CT molecular complexity index is 1730. The predicted octanol–water partition coefficient (Wildman–Crippen LogP) is 6.76. The van der Waals surface area contributed by atoms with Crippen molar-refractivity contribution in [2.75, 3.05) is 10.8 Å². The maximum absolute atomic E-state index is 15.3. The number of rotatable bonds is 12. The number of nitrogens with one attached hydrogen (secondary N) is 1. The first-order valence-corrected chi connectivity index (χ1v) is 17.2. The summed E-state index contributed by atoms with van der Waals surface area (Å²) in [6.45, 7) is -0.758. The highest BCUT2D eigenvalue weighted by atomic mass is 35.5. The van der Waals surface area contributed by atoms with Crippen molar-refractivity contribution < 1.29 is 22.4 Å². The van der Waals surface area contributed by atoms with Crippen molar-refractivity contribution >= 4 is 39.1 Å². The number of hydrogen-bond donors (Lipinski definition) is 1. The Morgan fingerprint density at radius 2 is 1.46 bits per heavy atom. The molecule has 7 nitrogen and oxygen atoms in total. The molecule has 0 saturated heterocycles. The lowest BCUT2D eigenvalue weighted by Gasteiger charge is -2.35. The Kier molecular flexibility index (Phi) is 11.1. The van der Waals surface area contributed by atoms with Crippen LogP contribution in [0.2, 0.25) is 5.02 Å². The van der Waals surface area contributed by atoms with Crippen molar-refractivity contribution in [3.05, 3.63) is 131 Å². The Hall–Kier alpha value is -4.21. The minimum Gasteiger partial charge on any atom is -0.352 e. The molecule has 1 aliphatic carbocycles. The zero-order chi connectivity index (χ0) is 32.5. The average Bonchev–Trinajstić information content (AvgIpc) is 3.07. The van der Waals surface area contributed by atoms with Gasteiger partial charge in [0, 0.05) is 24.0 Å². The zero-order valence-corrected chi connectivity index (χ0v) is 27.0. The number of para-hydroxylation sites is 1. The monoisotopic (exact) mass is 661 g/mol. The van der Waals surface area contributed by atoms with Crippen LogP contribution < -0.4 is 9.62 Å². The molecule has 1 N–H and O–H groups in total. The van der Waals surface area contributed by atoms with Crippen molar-refractivity contribution in [1.29, 1.82) is 0 Å². The summed E-state index contributed by atoms with van der Waals surface area (Å²) in [4.78, 5) is 29.9. The third-order valence-corrected chi connectivity index (χ3v) is 10.2. The quantitative estimate of drug-likeness (QED) is 0.182. The highest BCUT2D eigenvalue weighted by Gasteiger charge is 2.36. The van der Waals surface area contributed by atoms with Crippen LogP contribution in [0.15, 0.2) is 114 Å². The van der Waals surface area contributed by atoms with Gasteiger partial charge in [0.15, 0.2) is 0 Å². The molecular formula is C36H37ClFN3O4S. The number of benzene rings is 4. The largest absolute Gasteiger partial charge is 0.352 e. The van der Waals surface area contributed by atoms with Gasteiger partial charge in [-0.15, -0.1) is 0 Å². The standard InChI is InChI=1S/C36H37ClFN3O4S/c37-29-16-12-15-28(23-29)25-40(34(24-27-13-4-1-5-14-27)36(43)39-30-17-6-2-7-18-30)35(42)26-41(33-22-11-10-21-32(33)38)46(44,45)31-19-8-3-9-20-31/h1,3-5,8-16,19-23,30,34H,2,6-7,17-18,24-26H2,(H,39,43)/t34-/m1/s1. The average molecular weight is 662 g/mol. The lowest BCUT2D eigenvalue weighted by molar-refractivity contribution is -0.140. The molecule has 1 atom stereocenters. The fourth-order valence-electron chi connectivity index (χ4n) is 5.82. The maximum Gasteiger partial charge on any atom is 0.264 e. The summed E-state index contributed by atoms with van der Waals surface area (Å²) in [6.07, 6.45) is 5.02. The van der Waals surface area contributed by atoms with Gasteiger partial charge in [-0.05, 0) is 60.4 Å². The van der Waals surface area contributed by atoms with Crippen molar-refractivity contribution in [1.82, 2.24) is 10.2 Å². The highest BCUT2D eigenvalue weighted by molar-refractivity contribution is 7.92. The maximum atomic E-state index is 15.3. The van der Waals surface area contributed by atoms with Gasteiger partial charge in [-0.3, -0.25) is 13.9 Å². The summed E-state index contributed by atoms with van der Waals surface area (Å²) in [5.74, 6) is -1.79. The topological polar surface area (TPSA) is 86.8 Å². The molecule has 46 heavy (non-hydrogen) atoms. The van der Waals surface area contributed by atoms with Gasteiger partial charge in [0.25, 0.3) is 10.0 Å². The van der Waals surface area contributed by atoms with Crippen LogP contribution in [0.5, 0.6) is 0 Å². The van der Waals surface area contributed by atoms with Crippen LogP contribution in [0.3, 0.4) is 0 Å². The van der Waals surface area contributed by atoms with E-state index in [1.165, 1.54) is 35.2 Å².